The minimum absolute atomic E-state index is 0.197. The Labute approximate surface area is 76.1 Å². The van der Waals surface area contributed by atoms with E-state index in [1.807, 2.05) is 0 Å². The number of carbonyl (C=O) groups is 1. The molecule has 0 amide bonds. The van der Waals surface area contributed by atoms with Crippen LogP contribution in [0.15, 0.2) is 17.1 Å². The van der Waals surface area contributed by atoms with Crippen molar-refractivity contribution in [1.82, 2.24) is 19.5 Å². The number of aromatic carboxylic acids is 1. The quantitative estimate of drug-likeness (QED) is 0.524. The number of rotatable bonds is 1. The van der Waals surface area contributed by atoms with Crippen molar-refractivity contribution < 1.29 is 9.90 Å². The molecule has 3 N–H and O–H groups in total. The first kappa shape index (κ1) is 8.23. The molecule has 0 saturated heterocycles. The van der Waals surface area contributed by atoms with Crippen molar-refractivity contribution in [2.24, 2.45) is 0 Å². The number of nitrogens with zero attached hydrogens (tertiary/aromatic N) is 4. The van der Waals surface area contributed by atoms with Crippen molar-refractivity contribution in [2.75, 3.05) is 5.84 Å². The molecule has 0 aromatic carbocycles. The van der Waals surface area contributed by atoms with Crippen LogP contribution in [0.4, 0.5) is 0 Å². The van der Waals surface area contributed by atoms with Gasteiger partial charge in [-0.2, -0.15) is 4.79 Å². The van der Waals surface area contributed by atoms with Crippen LogP contribution in [-0.4, -0.2) is 30.6 Å². The summed E-state index contributed by atoms with van der Waals surface area (Å²) in [5.74, 6) is 4.08. The van der Waals surface area contributed by atoms with Gasteiger partial charge in [0.1, 0.15) is 0 Å². The van der Waals surface area contributed by atoms with Gasteiger partial charge in [0.25, 0.3) is 5.56 Å². The average Bonchev–Trinajstić information content (AvgIpc) is 2.43. The monoisotopic (exact) mass is 195 g/mol. The highest BCUT2D eigenvalue weighted by atomic mass is 16.4. The van der Waals surface area contributed by atoms with Crippen LogP contribution in [0.1, 0.15) is 10.5 Å². The second kappa shape index (κ2) is 2.55. The molecule has 0 bridgehead atoms. The number of nitrogen functional groups attached to an aromatic ring is 1. The molecule has 8 heteroatoms. The maximum Gasteiger partial charge on any atom is 0.358 e. The van der Waals surface area contributed by atoms with Crippen molar-refractivity contribution in [3.05, 3.63) is 28.3 Å². The zero-order chi connectivity index (χ0) is 10.3. The molecule has 2 rings (SSSR count). The lowest BCUT2D eigenvalue weighted by Gasteiger charge is -1.98. The van der Waals surface area contributed by atoms with E-state index in [0.717, 1.165) is 21.6 Å². The van der Waals surface area contributed by atoms with E-state index in [0.29, 0.717) is 0 Å². The van der Waals surface area contributed by atoms with Gasteiger partial charge in [-0.15, -0.1) is 10.2 Å². The van der Waals surface area contributed by atoms with Crippen LogP contribution in [0, 0.1) is 0 Å². The highest BCUT2D eigenvalue weighted by Gasteiger charge is 2.09. The molecule has 8 nitrogen and oxygen atoms in total. The smallest absolute Gasteiger partial charge is 0.358 e. The first-order valence-corrected chi connectivity index (χ1v) is 3.56. The van der Waals surface area contributed by atoms with Crippen LogP contribution in [-0.2, 0) is 0 Å². The van der Waals surface area contributed by atoms with Crippen molar-refractivity contribution in [3.8, 4) is 0 Å². The van der Waals surface area contributed by atoms with E-state index in [-0.39, 0.29) is 11.3 Å². The summed E-state index contributed by atoms with van der Waals surface area (Å²) in [6.07, 6.45) is 1.12. The highest BCUT2D eigenvalue weighted by molar-refractivity contribution is 5.84. The molecule has 0 aliphatic carbocycles. The lowest BCUT2D eigenvalue weighted by Crippen LogP contribution is -2.27. The summed E-state index contributed by atoms with van der Waals surface area (Å²) in [7, 11) is 0. The van der Waals surface area contributed by atoms with Gasteiger partial charge in [-0.05, 0) is 0 Å². The Morgan fingerprint density at radius 1 is 1.50 bits per heavy atom. The number of hydrogen-bond acceptors (Lipinski definition) is 5. The van der Waals surface area contributed by atoms with E-state index in [9.17, 15) is 9.59 Å². The van der Waals surface area contributed by atoms with Gasteiger partial charge in [-0.25, -0.2) is 9.31 Å². The number of aromatic nitrogens is 4. The summed E-state index contributed by atoms with van der Waals surface area (Å²) < 4.78 is 1.11. The molecular formula is C6H5N5O3. The van der Waals surface area contributed by atoms with Gasteiger partial charge >= 0.3 is 5.97 Å². The van der Waals surface area contributed by atoms with E-state index in [4.69, 9.17) is 10.9 Å². The molecule has 2 heterocycles. The standard InChI is InChI=1S/C6H5N5O3/c7-11-5(12)1-4-9-8-3(6(13)14)2-10(4)11/h1-2H,7H2,(H,13,14). The van der Waals surface area contributed by atoms with Crippen LogP contribution >= 0.6 is 0 Å². The third-order valence-electron chi connectivity index (χ3n) is 1.67. The molecule has 0 unspecified atom stereocenters. The largest absolute Gasteiger partial charge is 0.476 e. The number of nitrogens with two attached hydrogens (primary N) is 1. The number of fused-ring (bicyclic) bond motifs is 1. The van der Waals surface area contributed by atoms with E-state index in [1.54, 1.807) is 0 Å². The van der Waals surface area contributed by atoms with Gasteiger partial charge in [-0.3, -0.25) is 4.79 Å². The fourth-order valence-electron chi connectivity index (χ4n) is 1.01. The Morgan fingerprint density at radius 3 is 2.86 bits per heavy atom. The summed E-state index contributed by atoms with van der Waals surface area (Å²) in [5.41, 5.74) is -0.573. The summed E-state index contributed by atoms with van der Waals surface area (Å²) in [5, 5.41) is 15.5. The van der Waals surface area contributed by atoms with Crippen LogP contribution in [0.3, 0.4) is 0 Å². The Bertz CT molecular complexity index is 568. The van der Waals surface area contributed by atoms with Gasteiger partial charge in [0.2, 0.25) is 0 Å². The predicted octanol–water partition coefficient (Wildman–Crippen LogP) is -1.70. The molecule has 0 atom stereocenters. The fourth-order valence-corrected chi connectivity index (χ4v) is 1.01. The summed E-state index contributed by atoms with van der Waals surface area (Å²) in [4.78, 5) is 22.3. The normalized spacial score (nSPS) is 10.6. The van der Waals surface area contributed by atoms with Crippen LogP contribution in [0.2, 0.25) is 0 Å². The Kier molecular flexibility index (Phi) is 1.50. The number of carboxylic acid groups (broad SMARTS) is 1. The van der Waals surface area contributed by atoms with E-state index in [1.165, 1.54) is 0 Å². The molecular weight excluding hydrogens is 190 g/mol. The summed E-state index contributed by atoms with van der Waals surface area (Å²) >= 11 is 0. The van der Waals surface area contributed by atoms with Gasteiger partial charge in [-0.1, -0.05) is 0 Å². The van der Waals surface area contributed by atoms with Crippen LogP contribution in [0.25, 0.3) is 5.65 Å². The topological polar surface area (TPSA) is 116 Å². The third-order valence-corrected chi connectivity index (χ3v) is 1.67. The molecule has 0 saturated carbocycles. The van der Waals surface area contributed by atoms with Gasteiger partial charge in [0.15, 0.2) is 11.3 Å². The van der Waals surface area contributed by atoms with Gasteiger partial charge in [0.05, 0.1) is 12.3 Å². The summed E-state index contributed by atoms with van der Waals surface area (Å²) in [6, 6.07) is 1.15. The second-order valence-corrected chi connectivity index (χ2v) is 2.55. The molecule has 2 aromatic heterocycles. The lowest BCUT2D eigenvalue weighted by atomic mass is 10.5. The van der Waals surface area contributed by atoms with E-state index >= 15 is 0 Å². The lowest BCUT2D eigenvalue weighted by molar-refractivity contribution is 0.0688. The maximum atomic E-state index is 11.0. The molecule has 0 fully saturated rings. The third kappa shape index (κ3) is 1.01. The highest BCUT2D eigenvalue weighted by Crippen LogP contribution is 1.96. The zero-order valence-corrected chi connectivity index (χ0v) is 6.78. The Hall–Kier alpha value is -2.38. The van der Waals surface area contributed by atoms with Crippen LogP contribution in [0.5, 0.6) is 0 Å². The Balaban J connectivity index is 2.82. The minimum Gasteiger partial charge on any atom is -0.476 e. The average molecular weight is 195 g/mol. The molecule has 0 aliphatic rings. The van der Waals surface area contributed by atoms with Gasteiger partial charge in [0, 0.05) is 0 Å². The van der Waals surface area contributed by atoms with Crippen molar-refractivity contribution in [2.45, 2.75) is 0 Å². The predicted molar refractivity (Wildman–Crippen MR) is 44.4 cm³/mol. The molecule has 72 valence electrons. The van der Waals surface area contributed by atoms with E-state index < -0.39 is 11.5 Å². The first-order valence-electron chi connectivity index (χ1n) is 3.56. The fraction of sp³-hybridized carbons (Fsp3) is 0. The van der Waals surface area contributed by atoms with Crippen LogP contribution < -0.4 is 11.4 Å². The van der Waals surface area contributed by atoms with E-state index in [2.05, 4.69) is 10.2 Å². The number of carboxylic acids is 1. The molecule has 0 radical (unpaired) electrons. The number of hydrogen-bond donors (Lipinski definition) is 2. The van der Waals surface area contributed by atoms with Crippen molar-refractivity contribution >= 4 is 11.6 Å². The zero-order valence-electron chi connectivity index (χ0n) is 6.78. The summed E-state index contributed by atoms with van der Waals surface area (Å²) in [6.45, 7) is 0. The molecule has 2 aromatic rings. The molecule has 0 spiro atoms. The maximum absolute atomic E-state index is 11.0. The van der Waals surface area contributed by atoms with Crippen molar-refractivity contribution in [3.63, 3.8) is 0 Å². The SMILES string of the molecule is Nn1c(=O)cc2nnc(C(=O)O)cn21. The first-order chi connectivity index (χ1) is 6.59. The van der Waals surface area contributed by atoms with Gasteiger partial charge < -0.3 is 10.9 Å². The molecule has 14 heavy (non-hydrogen) atoms. The Morgan fingerprint density at radius 2 is 2.21 bits per heavy atom. The molecule has 0 aliphatic heterocycles. The second-order valence-electron chi connectivity index (χ2n) is 2.55. The minimum atomic E-state index is -1.24. The van der Waals surface area contributed by atoms with Crippen molar-refractivity contribution in [1.29, 1.82) is 0 Å².